The van der Waals surface area contributed by atoms with Crippen LogP contribution in [-0.4, -0.2) is 33.5 Å². The van der Waals surface area contributed by atoms with Crippen molar-refractivity contribution in [2.45, 2.75) is 37.6 Å². The van der Waals surface area contributed by atoms with E-state index in [0.717, 1.165) is 41.3 Å². The third-order valence-corrected chi connectivity index (χ3v) is 8.26. The number of hydrogen-bond acceptors (Lipinski definition) is 5. The van der Waals surface area contributed by atoms with Gasteiger partial charge in [-0.2, -0.15) is 0 Å². The molecular formula is C21H25NO3S2. The summed E-state index contributed by atoms with van der Waals surface area (Å²) in [6.07, 6.45) is 3.83. The van der Waals surface area contributed by atoms with E-state index in [1.54, 1.807) is 31.4 Å². The molecule has 0 atom stereocenters. The maximum absolute atomic E-state index is 12.4. The van der Waals surface area contributed by atoms with Gasteiger partial charge in [-0.3, -0.25) is 4.90 Å². The molecule has 0 spiro atoms. The number of hydrogen-bond donors (Lipinski definition) is 0. The maximum Gasteiger partial charge on any atom is 0.199 e. The van der Waals surface area contributed by atoms with Crippen molar-refractivity contribution in [3.63, 3.8) is 0 Å². The summed E-state index contributed by atoms with van der Waals surface area (Å²) < 4.78 is 30.3. The average molecular weight is 404 g/mol. The van der Waals surface area contributed by atoms with Gasteiger partial charge in [-0.1, -0.05) is 6.58 Å². The summed E-state index contributed by atoms with van der Waals surface area (Å²) in [7, 11) is -1.95. The van der Waals surface area contributed by atoms with Crippen molar-refractivity contribution in [1.82, 2.24) is 4.90 Å². The van der Waals surface area contributed by atoms with Crippen LogP contribution in [0.15, 0.2) is 35.1 Å². The number of methoxy groups -OCH3 is 1. The molecule has 0 N–H and O–H groups in total. The molecule has 27 heavy (non-hydrogen) atoms. The predicted molar refractivity (Wildman–Crippen MR) is 110 cm³/mol. The number of sulfone groups is 1. The average Bonchev–Trinajstić information content (AvgIpc) is 3.37. The van der Waals surface area contributed by atoms with E-state index in [9.17, 15) is 8.42 Å². The van der Waals surface area contributed by atoms with E-state index in [-0.39, 0.29) is 4.90 Å². The number of fused-ring (bicyclic) bond motifs is 1. The van der Waals surface area contributed by atoms with Gasteiger partial charge in [-0.15, -0.1) is 11.3 Å². The van der Waals surface area contributed by atoms with Crippen molar-refractivity contribution in [3.8, 4) is 16.2 Å². The van der Waals surface area contributed by atoms with Crippen LogP contribution in [0.2, 0.25) is 0 Å². The Morgan fingerprint density at radius 1 is 1.33 bits per heavy atom. The van der Waals surface area contributed by atoms with Crippen molar-refractivity contribution in [2.24, 2.45) is 5.92 Å². The molecule has 0 saturated heterocycles. The molecule has 2 aromatic rings. The molecule has 6 heteroatoms. The van der Waals surface area contributed by atoms with Crippen molar-refractivity contribution in [3.05, 3.63) is 46.2 Å². The lowest BCUT2D eigenvalue weighted by Gasteiger charge is -2.26. The Labute approximate surface area is 165 Å². The van der Waals surface area contributed by atoms with Gasteiger partial charge in [0.2, 0.25) is 0 Å². The molecule has 2 heterocycles. The molecule has 4 rings (SSSR count). The first-order chi connectivity index (χ1) is 12.9. The highest BCUT2D eigenvalue weighted by Gasteiger charge is 2.27. The summed E-state index contributed by atoms with van der Waals surface area (Å²) in [6, 6.07) is 5.93. The van der Waals surface area contributed by atoms with Gasteiger partial charge >= 0.3 is 0 Å². The van der Waals surface area contributed by atoms with Crippen LogP contribution in [0.25, 0.3) is 10.4 Å². The molecule has 1 aromatic carbocycles. The maximum atomic E-state index is 12.4. The minimum Gasteiger partial charge on any atom is -0.496 e. The van der Waals surface area contributed by atoms with Gasteiger partial charge in [0.15, 0.2) is 9.84 Å². The minimum absolute atomic E-state index is 0.272. The number of rotatable bonds is 6. The van der Waals surface area contributed by atoms with Gasteiger partial charge < -0.3 is 4.74 Å². The molecule has 0 amide bonds. The molecule has 0 bridgehead atoms. The van der Waals surface area contributed by atoms with Crippen LogP contribution in [-0.2, 0) is 22.8 Å². The Hall–Kier alpha value is -1.63. The van der Waals surface area contributed by atoms with Crippen molar-refractivity contribution in [1.29, 1.82) is 0 Å². The largest absolute Gasteiger partial charge is 0.496 e. The second-order valence-electron chi connectivity index (χ2n) is 7.50. The highest BCUT2D eigenvalue weighted by Crippen LogP contribution is 2.40. The highest BCUT2D eigenvalue weighted by molar-refractivity contribution is 7.94. The van der Waals surface area contributed by atoms with Crippen LogP contribution < -0.4 is 4.74 Å². The zero-order valence-electron chi connectivity index (χ0n) is 15.8. The first kappa shape index (κ1) is 18.7. The molecule has 0 radical (unpaired) electrons. The molecule has 1 fully saturated rings. The van der Waals surface area contributed by atoms with E-state index in [4.69, 9.17) is 4.74 Å². The van der Waals surface area contributed by atoms with Crippen molar-refractivity contribution >= 4 is 21.2 Å². The minimum atomic E-state index is -3.53. The first-order valence-electron chi connectivity index (χ1n) is 9.31. The Kier molecular flexibility index (Phi) is 4.91. The fourth-order valence-corrected chi connectivity index (χ4v) is 5.91. The van der Waals surface area contributed by atoms with E-state index in [0.29, 0.717) is 11.3 Å². The summed E-state index contributed by atoms with van der Waals surface area (Å²) in [5.41, 5.74) is 2.90. The van der Waals surface area contributed by atoms with Crippen molar-refractivity contribution < 1.29 is 13.2 Å². The summed E-state index contributed by atoms with van der Waals surface area (Å²) in [6.45, 7) is 8.58. The van der Waals surface area contributed by atoms with Gasteiger partial charge in [0, 0.05) is 40.4 Å². The van der Waals surface area contributed by atoms with Gasteiger partial charge in [-0.05, 0) is 61.4 Å². The Bertz CT molecular complexity index is 987. The summed E-state index contributed by atoms with van der Waals surface area (Å²) in [5.74, 6) is 1.49. The van der Waals surface area contributed by atoms with E-state index in [2.05, 4.69) is 17.5 Å². The molecule has 2 aliphatic rings. The lowest BCUT2D eigenvalue weighted by atomic mass is 10.1. The van der Waals surface area contributed by atoms with E-state index < -0.39 is 9.84 Å². The zero-order chi connectivity index (χ0) is 19.2. The summed E-state index contributed by atoms with van der Waals surface area (Å²) in [5, 5.41) is 1.01. The summed E-state index contributed by atoms with van der Waals surface area (Å²) >= 11 is 1.77. The van der Waals surface area contributed by atoms with Crippen molar-refractivity contribution in [2.75, 3.05) is 20.2 Å². The van der Waals surface area contributed by atoms with Gasteiger partial charge in [0.05, 0.1) is 12.0 Å². The molecule has 144 valence electrons. The zero-order valence-corrected chi connectivity index (χ0v) is 17.5. The van der Waals surface area contributed by atoms with Gasteiger partial charge in [0.1, 0.15) is 5.75 Å². The number of ether oxygens (including phenoxy) is 1. The molecule has 1 aliphatic carbocycles. The molecule has 1 aromatic heterocycles. The number of thiophene rings is 1. The van der Waals surface area contributed by atoms with Crippen LogP contribution >= 0.6 is 11.3 Å². The van der Waals surface area contributed by atoms with E-state index >= 15 is 0 Å². The van der Waals surface area contributed by atoms with Crippen LogP contribution in [0.5, 0.6) is 5.75 Å². The van der Waals surface area contributed by atoms with Crippen LogP contribution in [0.1, 0.15) is 28.8 Å². The van der Waals surface area contributed by atoms with Crippen LogP contribution in [0.3, 0.4) is 0 Å². The molecule has 1 aliphatic heterocycles. The Morgan fingerprint density at radius 3 is 2.78 bits per heavy atom. The van der Waals surface area contributed by atoms with Gasteiger partial charge in [0.25, 0.3) is 0 Å². The fourth-order valence-electron chi connectivity index (χ4n) is 3.76. The smallest absolute Gasteiger partial charge is 0.199 e. The molecular weight excluding hydrogens is 378 g/mol. The Balaban J connectivity index is 1.71. The number of nitrogens with zero attached hydrogens (tertiary/aromatic N) is 1. The van der Waals surface area contributed by atoms with E-state index in [1.807, 2.05) is 6.07 Å². The molecule has 1 saturated carbocycles. The standard InChI is InChI=1S/C21H25NO3S2/c1-4-27(23,24)21-11-16(9-18(25-3)14(21)2)20-10-17-13-22(12-15-5-6-15)8-7-19(17)26-20/h4,9-11,15H,1,5-8,12-13H2,2-3H3. The lowest BCUT2D eigenvalue weighted by molar-refractivity contribution is 0.246. The summed E-state index contributed by atoms with van der Waals surface area (Å²) in [4.78, 5) is 5.35. The quantitative estimate of drug-likeness (QED) is 0.716. The Morgan fingerprint density at radius 2 is 2.11 bits per heavy atom. The third kappa shape index (κ3) is 3.71. The van der Waals surface area contributed by atoms with Gasteiger partial charge in [-0.25, -0.2) is 8.42 Å². The number of benzene rings is 1. The first-order valence-corrected chi connectivity index (χ1v) is 11.7. The molecule has 4 nitrogen and oxygen atoms in total. The second-order valence-corrected chi connectivity index (χ2v) is 10.5. The monoisotopic (exact) mass is 403 g/mol. The fraction of sp³-hybridized carbons (Fsp3) is 0.429. The highest BCUT2D eigenvalue weighted by atomic mass is 32.2. The second kappa shape index (κ2) is 7.08. The third-order valence-electron chi connectivity index (χ3n) is 5.50. The predicted octanol–water partition coefficient (Wildman–Crippen LogP) is 4.42. The van der Waals surface area contributed by atoms with Crippen LogP contribution in [0.4, 0.5) is 0 Å². The normalized spacial score (nSPS) is 17.6. The molecule has 0 unspecified atom stereocenters. The lowest BCUT2D eigenvalue weighted by Crippen LogP contribution is -2.31. The topological polar surface area (TPSA) is 46.6 Å². The SMILES string of the molecule is C=CS(=O)(=O)c1cc(-c2cc3c(s2)CCN(CC2CC2)C3)cc(OC)c1C. The van der Waals surface area contributed by atoms with Crippen LogP contribution in [0, 0.1) is 12.8 Å². The van der Waals surface area contributed by atoms with E-state index in [1.165, 1.54) is 29.8 Å².